The van der Waals surface area contributed by atoms with Gasteiger partial charge in [-0.25, -0.2) is 4.99 Å². The second-order valence-electron chi connectivity index (χ2n) is 4.07. The largest absolute Gasteiger partial charge is 0.493 e. The van der Waals surface area contributed by atoms with Crippen LogP contribution < -0.4 is 9.47 Å². The number of rotatable bonds is 5. The standard InChI is InChI=1S/C15H17NO3S2/c1-4-19-13-9-10(6-7-12(13)18-3)8-11-14(17)21-15(16-11)20-5-2/h6-9H,4-5H2,1-3H3/b11-8-. The Morgan fingerprint density at radius 1 is 1.33 bits per heavy atom. The van der Waals surface area contributed by atoms with Crippen molar-refractivity contribution in [2.45, 2.75) is 13.8 Å². The molecule has 6 heteroatoms. The summed E-state index contributed by atoms with van der Waals surface area (Å²) < 4.78 is 11.6. The van der Waals surface area contributed by atoms with Crippen LogP contribution in [0.25, 0.3) is 6.08 Å². The van der Waals surface area contributed by atoms with Crippen molar-refractivity contribution in [1.29, 1.82) is 0 Å². The van der Waals surface area contributed by atoms with Crippen molar-refractivity contribution in [3.63, 3.8) is 0 Å². The van der Waals surface area contributed by atoms with Crippen LogP contribution in [-0.2, 0) is 4.79 Å². The number of nitrogens with zero attached hydrogens (tertiary/aromatic N) is 1. The van der Waals surface area contributed by atoms with Gasteiger partial charge >= 0.3 is 0 Å². The molecule has 21 heavy (non-hydrogen) atoms. The van der Waals surface area contributed by atoms with E-state index in [-0.39, 0.29) is 5.12 Å². The molecule has 0 atom stereocenters. The van der Waals surface area contributed by atoms with Crippen LogP contribution in [0, 0.1) is 0 Å². The van der Waals surface area contributed by atoms with Crippen molar-refractivity contribution in [3.05, 3.63) is 29.5 Å². The van der Waals surface area contributed by atoms with E-state index in [4.69, 9.17) is 9.47 Å². The fourth-order valence-electron chi connectivity index (χ4n) is 1.78. The van der Waals surface area contributed by atoms with E-state index in [1.54, 1.807) is 24.9 Å². The highest BCUT2D eigenvalue weighted by molar-refractivity contribution is 8.45. The van der Waals surface area contributed by atoms with Crippen LogP contribution in [0.5, 0.6) is 11.5 Å². The van der Waals surface area contributed by atoms with Crippen molar-refractivity contribution in [2.75, 3.05) is 19.5 Å². The molecule has 1 aliphatic rings. The van der Waals surface area contributed by atoms with Gasteiger partial charge in [-0.3, -0.25) is 4.79 Å². The number of thioether (sulfide) groups is 2. The smallest absolute Gasteiger partial charge is 0.244 e. The van der Waals surface area contributed by atoms with Gasteiger partial charge in [-0.15, -0.1) is 0 Å². The summed E-state index contributed by atoms with van der Waals surface area (Å²) in [5, 5.41) is -0.0141. The first-order chi connectivity index (χ1) is 10.2. The SMILES string of the molecule is CCOc1cc(/C=C2\N=C(SCC)SC2=O)ccc1OC. The minimum atomic E-state index is -0.0141. The lowest BCUT2D eigenvalue weighted by molar-refractivity contribution is -0.107. The van der Waals surface area contributed by atoms with Gasteiger partial charge in [-0.2, -0.15) is 0 Å². The molecule has 2 rings (SSSR count). The molecule has 4 nitrogen and oxygen atoms in total. The van der Waals surface area contributed by atoms with Gasteiger partial charge in [-0.1, -0.05) is 24.8 Å². The molecule has 0 spiro atoms. The molecule has 0 N–H and O–H groups in total. The predicted molar refractivity (Wildman–Crippen MR) is 90.3 cm³/mol. The van der Waals surface area contributed by atoms with Crippen LogP contribution in [-0.4, -0.2) is 29.0 Å². The number of benzene rings is 1. The Hall–Kier alpha value is -1.40. The second-order valence-corrected chi connectivity index (χ2v) is 6.55. The van der Waals surface area contributed by atoms with Gasteiger partial charge in [0, 0.05) is 0 Å². The summed E-state index contributed by atoms with van der Waals surface area (Å²) in [6.07, 6.45) is 1.78. The fourth-order valence-corrected chi connectivity index (χ4v) is 3.52. The first kappa shape index (κ1) is 16.0. The number of aliphatic imine (C=N–C) groups is 1. The lowest BCUT2D eigenvalue weighted by Crippen LogP contribution is -1.96. The topological polar surface area (TPSA) is 47.9 Å². The van der Waals surface area contributed by atoms with Crippen LogP contribution in [0.2, 0.25) is 0 Å². The zero-order chi connectivity index (χ0) is 15.2. The molecule has 1 aromatic rings. The Kier molecular flexibility index (Phi) is 5.76. The molecule has 0 fully saturated rings. The van der Waals surface area contributed by atoms with Gasteiger partial charge in [0.25, 0.3) is 0 Å². The molecule has 112 valence electrons. The maximum atomic E-state index is 11.9. The molecule has 0 radical (unpaired) electrons. The van der Waals surface area contributed by atoms with Crippen molar-refractivity contribution in [2.24, 2.45) is 4.99 Å². The Labute approximate surface area is 133 Å². The first-order valence-electron chi connectivity index (χ1n) is 6.64. The predicted octanol–water partition coefficient (Wildman–Crippen LogP) is 3.82. The van der Waals surface area contributed by atoms with E-state index < -0.39 is 0 Å². The molecule has 0 aromatic heterocycles. The van der Waals surface area contributed by atoms with Crippen LogP contribution in [0.15, 0.2) is 28.9 Å². The van der Waals surface area contributed by atoms with Gasteiger partial charge in [0.2, 0.25) is 5.12 Å². The monoisotopic (exact) mass is 323 g/mol. The number of carbonyl (C=O) groups excluding carboxylic acids is 1. The maximum Gasteiger partial charge on any atom is 0.244 e. The van der Waals surface area contributed by atoms with E-state index >= 15 is 0 Å². The molecule has 0 bridgehead atoms. The van der Waals surface area contributed by atoms with Crippen molar-refractivity contribution in [3.8, 4) is 11.5 Å². The highest BCUT2D eigenvalue weighted by Crippen LogP contribution is 2.33. The molecular formula is C15H17NO3S2. The molecular weight excluding hydrogens is 306 g/mol. The van der Waals surface area contributed by atoms with E-state index in [1.165, 1.54) is 11.8 Å². The summed E-state index contributed by atoms with van der Waals surface area (Å²) >= 11 is 2.77. The molecule has 0 aliphatic carbocycles. The molecule has 0 saturated carbocycles. The molecule has 0 unspecified atom stereocenters. The molecule has 1 heterocycles. The van der Waals surface area contributed by atoms with Crippen LogP contribution in [0.4, 0.5) is 0 Å². The van der Waals surface area contributed by atoms with E-state index in [0.29, 0.717) is 23.8 Å². The van der Waals surface area contributed by atoms with Gasteiger partial charge < -0.3 is 9.47 Å². The summed E-state index contributed by atoms with van der Waals surface area (Å²) in [5.41, 5.74) is 1.35. The molecule has 1 aliphatic heterocycles. The molecule has 1 aromatic carbocycles. The maximum absolute atomic E-state index is 11.9. The average Bonchev–Trinajstić information content (AvgIpc) is 2.80. The normalized spacial score (nSPS) is 16.2. The second kappa shape index (κ2) is 7.56. The highest BCUT2D eigenvalue weighted by Gasteiger charge is 2.22. The van der Waals surface area contributed by atoms with E-state index in [2.05, 4.69) is 4.99 Å². The number of hydrogen-bond acceptors (Lipinski definition) is 6. The fraction of sp³-hybridized carbons (Fsp3) is 0.333. The van der Waals surface area contributed by atoms with Crippen LogP contribution >= 0.6 is 23.5 Å². The highest BCUT2D eigenvalue weighted by atomic mass is 32.2. The zero-order valence-corrected chi connectivity index (χ0v) is 13.8. The Balaban J connectivity index is 2.28. The van der Waals surface area contributed by atoms with Crippen molar-refractivity contribution in [1.82, 2.24) is 0 Å². The summed E-state index contributed by atoms with van der Waals surface area (Å²) in [5.74, 6) is 2.25. The Morgan fingerprint density at radius 2 is 2.14 bits per heavy atom. The number of ether oxygens (including phenoxy) is 2. The summed E-state index contributed by atoms with van der Waals surface area (Å²) in [6, 6.07) is 5.57. The number of methoxy groups -OCH3 is 1. The lowest BCUT2D eigenvalue weighted by atomic mass is 10.1. The quantitative estimate of drug-likeness (QED) is 0.771. The minimum Gasteiger partial charge on any atom is -0.493 e. The average molecular weight is 323 g/mol. The molecule has 0 saturated heterocycles. The number of hydrogen-bond donors (Lipinski definition) is 0. The van der Waals surface area contributed by atoms with E-state index in [0.717, 1.165) is 15.7 Å². The molecule has 0 amide bonds. The van der Waals surface area contributed by atoms with Gasteiger partial charge in [0.15, 0.2) is 11.5 Å². The third-order valence-electron chi connectivity index (χ3n) is 2.66. The van der Waals surface area contributed by atoms with Crippen LogP contribution in [0.1, 0.15) is 19.4 Å². The van der Waals surface area contributed by atoms with Crippen molar-refractivity contribution < 1.29 is 14.3 Å². The van der Waals surface area contributed by atoms with E-state index in [1.807, 2.05) is 32.0 Å². The number of carbonyl (C=O) groups is 1. The first-order valence-corrected chi connectivity index (χ1v) is 8.44. The van der Waals surface area contributed by atoms with Crippen molar-refractivity contribution >= 4 is 39.1 Å². The summed E-state index contributed by atoms with van der Waals surface area (Å²) in [6.45, 7) is 4.51. The summed E-state index contributed by atoms with van der Waals surface area (Å²) in [4.78, 5) is 16.3. The van der Waals surface area contributed by atoms with Gasteiger partial charge in [0.05, 0.1) is 13.7 Å². The van der Waals surface area contributed by atoms with Crippen LogP contribution in [0.3, 0.4) is 0 Å². The van der Waals surface area contributed by atoms with Gasteiger partial charge in [0.1, 0.15) is 10.1 Å². The zero-order valence-electron chi connectivity index (χ0n) is 12.2. The third kappa shape index (κ3) is 4.04. The van der Waals surface area contributed by atoms with E-state index in [9.17, 15) is 4.79 Å². The minimum absolute atomic E-state index is 0.0141. The summed E-state index contributed by atoms with van der Waals surface area (Å²) in [7, 11) is 1.60. The third-order valence-corrected chi connectivity index (χ3v) is 4.55. The van der Waals surface area contributed by atoms with Gasteiger partial charge in [-0.05, 0) is 48.2 Å². The Bertz CT molecular complexity index is 597. The Morgan fingerprint density at radius 3 is 2.81 bits per heavy atom. The lowest BCUT2D eigenvalue weighted by Gasteiger charge is -2.09.